The zero-order valence-corrected chi connectivity index (χ0v) is 17.2. The van der Waals surface area contributed by atoms with Crippen molar-refractivity contribution in [2.45, 2.75) is 44.3 Å². The number of carboxylic acid groups (broad SMARTS) is 1. The summed E-state index contributed by atoms with van der Waals surface area (Å²) >= 11 is 0. The highest BCUT2D eigenvalue weighted by Crippen LogP contribution is 2.05. The average Bonchev–Trinajstić information content (AvgIpc) is 2.68. The highest BCUT2D eigenvalue weighted by atomic mass is 16.4. The summed E-state index contributed by atoms with van der Waals surface area (Å²) in [4.78, 5) is 25.9. The van der Waals surface area contributed by atoms with Gasteiger partial charge in [0.05, 0.1) is 6.04 Å². The molecule has 9 nitrogen and oxygen atoms in total. The number of nitrogens with one attached hydrogen (secondary N) is 2. The molecule has 1 aromatic carbocycles. The summed E-state index contributed by atoms with van der Waals surface area (Å²) in [5.41, 5.74) is 6.63. The van der Waals surface area contributed by atoms with E-state index in [1.807, 2.05) is 11.9 Å². The molecule has 0 heterocycles. The highest BCUT2D eigenvalue weighted by Gasteiger charge is 2.24. The second-order valence-electron chi connectivity index (χ2n) is 7.12. The number of aliphatic carboxylic acids is 1. The van der Waals surface area contributed by atoms with E-state index in [1.54, 1.807) is 31.3 Å². The zero-order chi connectivity index (χ0) is 21.8. The number of carbonyl (C=O) groups is 2. The maximum Gasteiger partial charge on any atom is 0.488 e. The number of likely N-dealkylation sites (N-methyl/N-ethyl adjacent to an activating group) is 1. The maximum atomic E-state index is 12.4. The molecule has 1 amide bonds. The van der Waals surface area contributed by atoms with E-state index in [9.17, 15) is 24.7 Å². The molecule has 162 valence electrons. The fraction of sp³-hybridized carbons (Fsp3) is 0.579. The third-order valence-electron chi connectivity index (χ3n) is 4.80. The van der Waals surface area contributed by atoms with Gasteiger partial charge in [-0.3, -0.25) is 4.79 Å². The van der Waals surface area contributed by atoms with Crippen molar-refractivity contribution in [3.05, 3.63) is 29.8 Å². The summed E-state index contributed by atoms with van der Waals surface area (Å²) in [7, 11) is 1.91. The van der Waals surface area contributed by atoms with Gasteiger partial charge in [-0.25, -0.2) is 4.79 Å². The molecule has 0 aliphatic rings. The van der Waals surface area contributed by atoms with Crippen LogP contribution in [0.5, 0.6) is 0 Å². The second kappa shape index (κ2) is 13.3. The van der Waals surface area contributed by atoms with E-state index in [1.165, 1.54) is 0 Å². The lowest BCUT2D eigenvalue weighted by Crippen LogP contribution is -2.50. The van der Waals surface area contributed by atoms with Crippen LogP contribution in [-0.2, 0) is 16.1 Å². The van der Waals surface area contributed by atoms with Gasteiger partial charge < -0.3 is 36.4 Å². The lowest BCUT2D eigenvalue weighted by molar-refractivity contribution is -0.142. The Bertz CT molecular complexity index is 647. The largest absolute Gasteiger partial charge is 0.488 e. The minimum absolute atomic E-state index is 0.223. The van der Waals surface area contributed by atoms with E-state index in [2.05, 4.69) is 10.6 Å². The molecule has 0 bridgehead atoms. The predicted molar refractivity (Wildman–Crippen MR) is 113 cm³/mol. The molecule has 10 heteroatoms. The summed E-state index contributed by atoms with van der Waals surface area (Å²) in [6.07, 6.45) is 2.40. The molecule has 0 aromatic heterocycles. The topological polar surface area (TPSA) is 148 Å². The molecule has 0 radical (unpaired) electrons. The maximum absolute atomic E-state index is 12.4. The Hall–Kier alpha value is -1.98. The minimum atomic E-state index is -1.57. The molecule has 0 fully saturated rings. The molecule has 0 aliphatic heterocycles. The van der Waals surface area contributed by atoms with E-state index in [4.69, 9.17) is 5.73 Å². The molecule has 0 saturated carbocycles. The van der Waals surface area contributed by atoms with Gasteiger partial charge in [-0.1, -0.05) is 30.7 Å². The van der Waals surface area contributed by atoms with Crippen LogP contribution in [-0.4, -0.2) is 78.3 Å². The third kappa shape index (κ3) is 8.93. The third-order valence-corrected chi connectivity index (χ3v) is 4.80. The Morgan fingerprint density at radius 1 is 1.17 bits per heavy atom. The molecule has 1 rings (SSSR count). The van der Waals surface area contributed by atoms with Gasteiger partial charge in [-0.15, -0.1) is 0 Å². The molecule has 0 spiro atoms. The fourth-order valence-corrected chi connectivity index (χ4v) is 3.08. The number of carboxylic acids is 1. The van der Waals surface area contributed by atoms with Crippen molar-refractivity contribution in [1.29, 1.82) is 0 Å². The molecule has 0 saturated heterocycles. The first-order chi connectivity index (χ1) is 13.8. The number of nitrogens with two attached hydrogens (primary N) is 1. The van der Waals surface area contributed by atoms with Crippen LogP contribution in [0.3, 0.4) is 0 Å². The van der Waals surface area contributed by atoms with Crippen LogP contribution in [0.4, 0.5) is 0 Å². The Kier molecular flexibility index (Phi) is 11.5. The highest BCUT2D eigenvalue weighted by molar-refractivity contribution is 6.59. The molecular weight excluding hydrogens is 375 g/mol. The van der Waals surface area contributed by atoms with Crippen LogP contribution in [0.2, 0.25) is 0 Å². The Morgan fingerprint density at radius 3 is 2.45 bits per heavy atom. The van der Waals surface area contributed by atoms with Crippen molar-refractivity contribution >= 4 is 24.5 Å². The van der Waals surface area contributed by atoms with Gasteiger partial charge in [0.25, 0.3) is 0 Å². The molecule has 2 unspecified atom stereocenters. The Labute approximate surface area is 172 Å². The molecular formula is C19H33BN4O5. The second-order valence-corrected chi connectivity index (χ2v) is 7.12. The van der Waals surface area contributed by atoms with Gasteiger partial charge in [0, 0.05) is 13.1 Å². The fourth-order valence-electron chi connectivity index (χ4n) is 3.08. The SMILES string of the molecule is CNC(CCCCN)C(=O)NC(CCN(C)Cc1ccccc1B(O)O)C(=O)O. The Balaban J connectivity index is 2.61. The lowest BCUT2D eigenvalue weighted by atomic mass is 9.77. The van der Waals surface area contributed by atoms with E-state index in [0.29, 0.717) is 31.5 Å². The van der Waals surface area contributed by atoms with Gasteiger partial charge in [0.1, 0.15) is 6.04 Å². The number of hydrogen-bond donors (Lipinski definition) is 6. The normalized spacial score (nSPS) is 13.2. The zero-order valence-electron chi connectivity index (χ0n) is 17.2. The van der Waals surface area contributed by atoms with E-state index >= 15 is 0 Å². The smallest absolute Gasteiger partial charge is 0.480 e. The van der Waals surface area contributed by atoms with E-state index < -0.39 is 25.2 Å². The van der Waals surface area contributed by atoms with Crippen molar-refractivity contribution < 1.29 is 24.7 Å². The van der Waals surface area contributed by atoms with Crippen LogP contribution in [0.15, 0.2) is 24.3 Å². The summed E-state index contributed by atoms with van der Waals surface area (Å²) in [5, 5.41) is 33.9. The van der Waals surface area contributed by atoms with Crippen molar-refractivity contribution in [3.63, 3.8) is 0 Å². The molecule has 7 N–H and O–H groups in total. The van der Waals surface area contributed by atoms with E-state index in [0.717, 1.165) is 18.4 Å². The summed E-state index contributed by atoms with van der Waals surface area (Å²) in [6, 6.07) is 5.49. The lowest BCUT2D eigenvalue weighted by Gasteiger charge is -2.23. The Morgan fingerprint density at radius 2 is 1.86 bits per heavy atom. The summed E-state index contributed by atoms with van der Waals surface area (Å²) < 4.78 is 0. The number of benzene rings is 1. The van der Waals surface area contributed by atoms with Gasteiger partial charge in [0.15, 0.2) is 0 Å². The first-order valence-electron chi connectivity index (χ1n) is 9.83. The van der Waals surface area contributed by atoms with Crippen molar-refractivity contribution in [3.8, 4) is 0 Å². The number of rotatable bonds is 14. The number of unbranched alkanes of at least 4 members (excludes halogenated alkanes) is 1. The number of nitrogens with zero attached hydrogens (tertiary/aromatic N) is 1. The van der Waals surface area contributed by atoms with Crippen molar-refractivity contribution in [2.75, 3.05) is 27.2 Å². The monoisotopic (exact) mass is 408 g/mol. The summed E-state index contributed by atoms with van der Waals surface area (Å²) in [5.74, 6) is -1.43. The van der Waals surface area contributed by atoms with E-state index in [-0.39, 0.29) is 12.3 Å². The van der Waals surface area contributed by atoms with Crippen LogP contribution >= 0.6 is 0 Å². The number of carbonyl (C=O) groups excluding carboxylic acids is 1. The quantitative estimate of drug-likeness (QED) is 0.161. The first-order valence-corrected chi connectivity index (χ1v) is 9.83. The summed E-state index contributed by atoms with van der Waals surface area (Å²) in [6.45, 7) is 1.38. The molecule has 2 atom stereocenters. The van der Waals surface area contributed by atoms with Gasteiger partial charge in [-0.2, -0.15) is 0 Å². The van der Waals surface area contributed by atoms with Crippen LogP contribution in [0.25, 0.3) is 0 Å². The molecule has 0 aliphatic carbocycles. The molecule has 1 aromatic rings. The van der Waals surface area contributed by atoms with Crippen LogP contribution in [0, 0.1) is 0 Å². The minimum Gasteiger partial charge on any atom is -0.480 e. The van der Waals surface area contributed by atoms with Crippen molar-refractivity contribution in [2.24, 2.45) is 5.73 Å². The average molecular weight is 408 g/mol. The van der Waals surface area contributed by atoms with Gasteiger partial charge in [-0.05, 0) is 50.9 Å². The van der Waals surface area contributed by atoms with Gasteiger partial charge in [0.2, 0.25) is 5.91 Å². The number of hydrogen-bond acceptors (Lipinski definition) is 7. The van der Waals surface area contributed by atoms with Crippen LogP contribution in [0.1, 0.15) is 31.2 Å². The van der Waals surface area contributed by atoms with Crippen LogP contribution < -0.4 is 21.8 Å². The molecule has 29 heavy (non-hydrogen) atoms. The standard InChI is InChI=1S/C19H33BN4O5/c1-22-16(9-5-6-11-21)18(25)23-17(19(26)27)10-12-24(2)13-14-7-3-4-8-15(14)20(28)29/h3-4,7-8,16-17,22,28-29H,5-6,9-13,21H2,1-2H3,(H,23,25)(H,26,27). The van der Waals surface area contributed by atoms with Crippen molar-refractivity contribution in [1.82, 2.24) is 15.5 Å². The first kappa shape index (κ1) is 25.1. The predicted octanol–water partition coefficient (Wildman–Crippen LogP) is -1.53. The van der Waals surface area contributed by atoms with Gasteiger partial charge >= 0.3 is 13.1 Å². The number of amides is 1.